The minimum Gasteiger partial charge on any atom is -0.390 e. The van der Waals surface area contributed by atoms with Crippen molar-refractivity contribution < 1.29 is 14.3 Å². The fraction of sp³-hybridized carbons (Fsp3) is 0.609. The number of aromatic nitrogens is 4. The van der Waals surface area contributed by atoms with E-state index >= 15 is 0 Å². The molecule has 0 spiro atoms. The highest BCUT2D eigenvalue weighted by atomic mass is 19.1. The number of allylic oxidation sites excluding steroid dienone is 1. The lowest BCUT2D eigenvalue weighted by atomic mass is 9.52. The fourth-order valence-electron chi connectivity index (χ4n) is 6.01. The molecule has 8 heteroatoms. The summed E-state index contributed by atoms with van der Waals surface area (Å²) >= 11 is 0. The van der Waals surface area contributed by atoms with Gasteiger partial charge in [0.2, 0.25) is 0 Å². The number of aliphatic hydroxyl groups is 1. The van der Waals surface area contributed by atoms with Gasteiger partial charge in [0.25, 0.3) is 5.91 Å². The van der Waals surface area contributed by atoms with Crippen LogP contribution in [0.2, 0.25) is 0 Å². The fourth-order valence-corrected chi connectivity index (χ4v) is 6.01. The second-order valence-corrected chi connectivity index (χ2v) is 10.4. The Labute approximate surface area is 181 Å². The van der Waals surface area contributed by atoms with Gasteiger partial charge >= 0.3 is 0 Å². The molecule has 2 N–H and O–H groups in total. The Morgan fingerprint density at radius 1 is 1.32 bits per heavy atom. The number of alkyl halides is 1. The minimum absolute atomic E-state index is 0.0826. The monoisotopic (exact) mass is 427 g/mol. The number of amides is 1. The third kappa shape index (κ3) is 3.71. The van der Waals surface area contributed by atoms with Crippen LogP contribution in [0.15, 0.2) is 30.7 Å². The van der Waals surface area contributed by atoms with Gasteiger partial charge in [-0.05, 0) is 55.9 Å². The average Bonchev–Trinajstić information content (AvgIpc) is 3.37. The van der Waals surface area contributed by atoms with Crippen molar-refractivity contribution in [2.24, 2.45) is 23.2 Å². The molecular weight excluding hydrogens is 397 g/mol. The molecule has 2 unspecified atom stereocenters. The molecule has 7 nitrogen and oxygen atoms in total. The normalized spacial score (nSPS) is 32.1. The molecule has 2 aromatic heterocycles. The van der Waals surface area contributed by atoms with Gasteiger partial charge in [0, 0.05) is 30.1 Å². The van der Waals surface area contributed by atoms with Gasteiger partial charge in [0.05, 0.1) is 18.5 Å². The van der Waals surface area contributed by atoms with Gasteiger partial charge in [0.1, 0.15) is 5.56 Å². The first-order valence-corrected chi connectivity index (χ1v) is 11.1. The average molecular weight is 428 g/mol. The van der Waals surface area contributed by atoms with E-state index in [-0.39, 0.29) is 11.9 Å². The molecule has 4 bridgehead atoms. The summed E-state index contributed by atoms with van der Waals surface area (Å²) in [7, 11) is 0. The Kier molecular flexibility index (Phi) is 4.80. The molecule has 0 saturated heterocycles. The van der Waals surface area contributed by atoms with E-state index < -0.39 is 17.7 Å². The molecule has 2 aromatic rings. The van der Waals surface area contributed by atoms with Crippen LogP contribution >= 0.6 is 0 Å². The van der Waals surface area contributed by atoms with Crippen molar-refractivity contribution in [1.82, 2.24) is 24.9 Å². The van der Waals surface area contributed by atoms with Crippen LogP contribution in [-0.2, 0) is 0 Å². The molecule has 6 rings (SSSR count). The highest BCUT2D eigenvalue weighted by Gasteiger charge is 2.55. The van der Waals surface area contributed by atoms with Gasteiger partial charge in [-0.2, -0.15) is 10.2 Å². The quantitative estimate of drug-likeness (QED) is 0.741. The van der Waals surface area contributed by atoms with E-state index in [1.807, 2.05) is 0 Å². The topological polar surface area (TPSA) is 85.0 Å². The van der Waals surface area contributed by atoms with Crippen molar-refractivity contribution in [2.75, 3.05) is 6.67 Å². The second kappa shape index (κ2) is 7.29. The maximum absolute atomic E-state index is 13.4. The molecule has 0 radical (unpaired) electrons. The van der Waals surface area contributed by atoms with Crippen LogP contribution < -0.4 is 5.32 Å². The summed E-state index contributed by atoms with van der Waals surface area (Å²) in [4.78, 5) is 13.4. The lowest BCUT2D eigenvalue weighted by Gasteiger charge is -2.58. The number of hydrogen-bond donors (Lipinski definition) is 2. The summed E-state index contributed by atoms with van der Waals surface area (Å²) in [5.41, 5.74) is -0.730. The third-order valence-corrected chi connectivity index (χ3v) is 7.29. The SMILES string of the molecule is CC(C)(C=Cn1ncc(C(=O)NC2C3CC4CC2CC(O)(C4)C3)c1-n1cccn1)CF. The van der Waals surface area contributed by atoms with Crippen LogP contribution in [0.3, 0.4) is 0 Å². The van der Waals surface area contributed by atoms with Gasteiger partial charge in [-0.15, -0.1) is 0 Å². The summed E-state index contributed by atoms with van der Waals surface area (Å²) in [6, 6.07) is 1.87. The van der Waals surface area contributed by atoms with Crippen LogP contribution in [0, 0.1) is 23.2 Å². The van der Waals surface area contributed by atoms with E-state index in [1.165, 1.54) is 0 Å². The number of nitrogens with zero attached hydrogens (tertiary/aromatic N) is 4. The molecule has 4 saturated carbocycles. The smallest absolute Gasteiger partial charge is 0.257 e. The van der Waals surface area contributed by atoms with Gasteiger partial charge in [-0.25, -0.2) is 9.36 Å². The highest BCUT2D eigenvalue weighted by Crippen LogP contribution is 2.55. The first kappa shape index (κ1) is 20.4. The first-order valence-electron chi connectivity index (χ1n) is 11.1. The van der Waals surface area contributed by atoms with Gasteiger partial charge in [-0.3, -0.25) is 9.18 Å². The molecule has 31 heavy (non-hydrogen) atoms. The van der Waals surface area contributed by atoms with E-state index in [0.29, 0.717) is 29.1 Å². The van der Waals surface area contributed by atoms with Crippen LogP contribution in [-0.4, -0.2) is 48.9 Å². The standard InChI is InChI=1S/C23H30FN5O2/c1-22(2,14-24)4-7-29-21(28-6-3-5-25-28)18(13-26-29)20(30)27-19-16-8-15-9-17(19)12-23(31,10-15)11-16/h3-7,13,15-17,19,31H,8-12,14H2,1-2H3,(H,27,30). The maximum atomic E-state index is 13.4. The Morgan fingerprint density at radius 3 is 2.68 bits per heavy atom. The Bertz CT molecular complexity index is 980. The summed E-state index contributed by atoms with van der Waals surface area (Å²) in [5, 5.41) is 22.7. The molecular formula is C23H30FN5O2. The van der Waals surface area contributed by atoms with Crippen molar-refractivity contribution in [1.29, 1.82) is 0 Å². The zero-order valence-corrected chi connectivity index (χ0v) is 18.0. The Hall–Kier alpha value is -2.48. The molecule has 4 aliphatic carbocycles. The number of rotatable bonds is 6. The number of halogens is 1. The summed E-state index contributed by atoms with van der Waals surface area (Å²) in [5.74, 6) is 1.58. The zero-order chi connectivity index (χ0) is 21.8. The highest BCUT2D eigenvalue weighted by molar-refractivity contribution is 5.97. The Balaban J connectivity index is 1.42. The van der Waals surface area contributed by atoms with Gasteiger partial charge < -0.3 is 10.4 Å². The Morgan fingerprint density at radius 2 is 2.06 bits per heavy atom. The summed E-state index contributed by atoms with van der Waals surface area (Å²) in [6.45, 7) is 3.11. The summed E-state index contributed by atoms with van der Waals surface area (Å²) < 4.78 is 16.4. The van der Waals surface area contributed by atoms with E-state index in [4.69, 9.17) is 0 Å². The van der Waals surface area contributed by atoms with Crippen LogP contribution in [0.1, 0.15) is 56.3 Å². The van der Waals surface area contributed by atoms with E-state index in [0.717, 1.165) is 32.1 Å². The van der Waals surface area contributed by atoms with Crippen molar-refractivity contribution in [3.63, 3.8) is 0 Å². The van der Waals surface area contributed by atoms with Crippen molar-refractivity contribution in [3.05, 3.63) is 36.3 Å². The van der Waals surface area contributed by atoms with Crippen LogP contribution in [0.5, 0.6) is 0 Å². The van der Waals surface area contributed by atoms with Crippen molar-refractivity contribution in [2.45, 2.75) is 57.6 Å². The second-order valence-electron chi connectivity index (χ2n) is 10.4. The number of carbonyl (C=O) groups is 1. The molecule has 1 amide bonds. The molecule has 4 aliphatic rings. The number of hydrogen-bond acceptors (Lipinski definition) is 4. The molecule has 4 fully saturated rings. The van der Waals surface area contributed by atoms with Crippen molar-refractivity contribution >= 4 is 12.1 Å². The zero-order valence-electron chi connectivity index (χ0n) is 18.0. The van der Waals surface area contributed by atoms with Gasteiger partial charge in [-0.1, -0.05) is 19.9 Å². The number of nitrogens with one attached hydrogen (secondary N) is 1. The molecule has 2 heterocycles. The third-order valence-electron chi connectivity index (χ3n) is 7.29. The minimum atomic E-state index is -0.629. The van der Waals surface area contributed by atoms with Gasteiger partial charge in [0.15, 0.2) is 5.82 Å². The van der Waals surface area contributed by atoms with Crippen LogP contribution in [0.25, 0.3) is 12.0 Å². The first-order chi connectivity index (χ1) is 14.8. The molecule has 2 atom stereocenters. The maximum Gasteiger partial charge on any atom is 0.257 e. The van der Waals surface area contributed by atoms with E-state index in [2.05, 4.69) is 15.5 Å². The predicted molar refractivity (Wildman–Crippen MR) is 114 cm³/mol. The van der Waals surface area contributed by atoms with E-state index in [9.17, 15) is 14.3 Å². The molecule has 166 valence electrons. The summed E-state index contributed by atoms with van der Waals surface area (Å²) in [6.07, 6.45) is 13.0. The van der Waals surface area contributed by atoms with Crippen LogP contribution in [0.4, 0.5) is 4.39 Å². The largest absolute Gasteiger partial charge is 0.390 e. The predicted octanol–water partition coefficient (Wildman–Crippen LogP) is 3.20. The van der Waals surface area contributed by atoms with Crippen molar-refractivity contribution in [3.8, 4) is 5.82 Å². The van der Waals surface area contributed by atoms with E-state index in [1.54, 1.807) is 60.1 Å². The number of carbonyl (C=O) groups excluding carboxylic acids is 1. The lowest BCUT2D eigenvalue weighted by Crippen LogP contribution is -2.61. The molecule has 0 aromatic carbocycles. The lowest BCUT2D eigenvalue weighted by molar-refractivity contribution is -0.136. The molecule has 0 aliphatic heterocycles.